The van der Waals surface area contributed by atoms with E-state index in [1.54, 1.807) is 19.0 Å². The lowest BCUT2D eigenvalue weighted by Crippen LogP contribution is -2.43. The second-order valence-electron chi connectivity index (χ2n) is 6.87. The molecule has 3 aromatic rings. The molecule has 0 radical (unpaired) electrons. The van der Waals surface area contributed by atoms with Gasteiger partial charge in [0.05, 0.1) is 19.6 Å². The third kappa shape index (κ3) is 5.13. The maximum absolute atomic E-state index is 12.0. The van der Waals surface area contributed by atoms with Crippen LogP contribution in [0.15, 0.2) is 70.1 Å². The van der Waals surface area contributed by atoms with Crippen LogP contribution in [0.5, 0.6) is 0 Å². The number of hydrogen-bond acceptors (Lipinski definition) is 3. The summed E-state index contributed by atoms with van der Waals surface area (Å²) in [5, 5.41) is 4.24. The molecule has 28 heavy (non-hydrogen) atoms. The minimum atomic E-state index is -0.00968. The summed E-state index contributed by atoms with van der Waals surface area (Å²) in [6.45, 7) is 1.26. The van der Waals surface area contributed by atoms with Crippen LogP contribution >= 0.6 is 0 Å². The Balaban J connectivity index is 1.74. The summed E-state index contributed by atoms with van der Waals surface area (Å²) in [7, 11) is 5.41. The molecule has 1 heterocycles. The van der Waals surface area contributed by atoms with Crippen LogP contribution in [-0.4, -0.2) is 49.4 Å². The van der Waals surface area contributed by atoms with Gasteiger partial charge in [-0.2, -0.15) is 0 Å². The van der Waals surface area contributed by atoms with Gasteiger partial charge in [-0.1, -0.05) is 48.5 Å². The Morgan fingerprint density at radius 3 is 2.46 bits per heavy atom. The number of carbonyl (C=O) groups is 1. The molecule has 0 bridgehead atoms. The van der Waals surface area contributed by atoms with Gasteiger partial charge in [0.2, 0.25) is 5.91 Å². The van der Waals surface area contributed by atoms with Gasteiger partial charge in [-0.05, 0) is 17.7 Å². The number of nitrogens with one attached hydrogen (secondary N) is 1. The lowest BCUT2D eigenvalue weighted by atomic mass is 10.2. The van der Waals surface area contributed by atoms with Crippen molar-refractivity contribution < 1.29 is 9.21 Å². The number of para-hydroxylation sites is 1. The van der Waals surface area contributed by atoms with E-state index in [2.05, 4.69) is 5.32 Å². The van der Waals surface area contributed by atoms with E-state index in [-0.39, 0.29) is 12.5 Å². The maximum Gasteiger partial charge on any atom is 0.241 e. The monoisotopic (exact) mass is 378 g/mol. The highest BCUT2D eigenvalue weighted by Gasteiger charge is 2.13. The number of furan rings is 1. The number of rotatable bonds is 6. The molecule has 6 heteroatoms. The summed E-state index contributed by atoms with van der Waals surface area (Å²) >= 11 is 0. The van der Waals surface area contributed by atoms with E-state index < -0.39 is 0 Å². The van der Waals surface area contributed by atoms with E-state index in [1.807, 2.05) is 72.6 Å². The molecule has 0 unspecified atom stereocenters. The summed E-state index contributed by atoms with van der Waals surface area (Å²) in [6, 6.07) is 20.0. The predicted octanol–water partition coefficient (Wildman–Crippen LogP) is 3.10. The molecule has 3 rings (SSSR count). The number of amides is 1. The van der Waals surface area contributed by atoms with Crippen LogP contribution in [0.1, 0.15) is 11.3 Å². The Bertz CT molecular complexity index is 914. The zero-order valence-electron chi connectivity index (χ0n) is 16.6. The summed E-state index contributed by atoms with van der Waals surface area (Å²) < 4.78 is 5.92. The second-order valence-corrected chi connectivity index (χ2v) is 6.87. The SMILES string of the molecule is CN(C)C(=O)CNC(=NCc1ccccc1)N(C)Cc1cc2ccccc2o1. The average Bonchev–Trinajstić information content (AvgIpc) is 3.10. The lowest BCUT2D eigenvalue weighted by molar-refractivity contribution is -0.127. The lowest BCUT2D eigenvalue weighted by Gasteiger charge is -2.22. The number of fused-ring (bicyclic) bond motifs is 1. The summed E-state index contributed by atoms with van der Waals surface area (Å²) in [6.07, 6.45) is 0. The van der Waals surface area contributed by atoms with Crippen LogP contribution in [-0.2, 0) is 17.9 Å². The van der Waals surface area contributed by atoms with Crippen LogP contribution < -0.4 is 5.32 Å². The van der Waals surface area contributed by atoms with E-state index in [0.717, 1.165) is 22.3 Å². The van der Waals surface area contributed by atoms with Gasteiger partial charge in [0, 0.05) is 26.5 Å². The fourth-order valence-corrected chi connectivity index (χ4v) is 2.80. The standard InChI is InChI=1S/C22H26N4O2/c1-25(2)21(27)15-24-22(23-14-17-9-5-4-6-10-17)26(3)16-19-13-18-11-7-8-12-20(18)28-19/h4-13H,14-16H2,1-3H3,(H,23,24). The fourth-order valence-electron chi connectivity index (χ4n) is 2.80. The van der Waals surface area contributed by atoms with Crippen molar-refractivity contribution in [2.24, 2.45) is 4.99 Å². The third-order valence-electron chi connectivity index (χ3n) is 4.38. The Kier molecular flexibility index (Phi) is 6.32. The number of nitrogens with zero attached hydrogens (tertiary/aromatic N) is 3. The molecule has 0 fully saturated rings. The van der Waals surface area contributed by atoms with E-state index >= 15 is 0 Å². The van der Waals surface area contributed by atoms with Crippen molar-refractivity contribution in [3.05, 3.63) is 72.0 Å². The van der Waals surface area contributed by atoms with Crippen molar-refractivity contribution in [2.75, 3.05) is 27.7 Å². The first-order chi connectivity index (χ1) is 13.5. The highest BCUT2D eigenvalue weighted by Crippen LogP contribution is 2.19. The average molecular weight is 378 g/mol. The van der Waals surface area contributed by atoms with Gasteiger partial charge in [-0.15, -0.1) is 0 Å². The van der Waals surface area contributed by atoms with E-state index in [0.29, 0.717) is 19.0 Å². The van der Waals surface area contributed by atoms with Crippen molar-refractivity contribution >= 4 is 22.8 Å². The molecule has 0 saturated heterocycles. The zero-order valence-corrected chi connectivity index (χ0v) is 16.6. The van der Waals surface area contributed by atoms with E-state index in [1.165, 1.54) is 0 Å². The molecule has 6 nitrogen and oxygen atoms in total. The Morgan fingerprint density at radius 1 is 1.04 bits per heavy atom. The van der Waals surface area contributed by atoms with Gasteiger partial charge in [0.1, 0.15) is 11.3 Å². The van der Waals surface area contributed by atoms with E-state index in [4.69, 9.17) is 9.41 Å². The first-order valence-corrected chi connectivity index (χ1v) is 9.24. The molecular formula is C22H26N4O2. The van der Waals surface area contributed by atoms with Gasteiger partial charge >= 0.3 is 0 Å². The fraction of sp³-hybridized carbons (Fsp3) is 0.273. The molecule has 0 aliphatic carbocycles. The molecule has 0 atom stereocenters. The van der Waals surface area contributed by atoms with Crippen LogP contribution in [0, 0.1) is 0 Å². The number of aliphatic imine (C=N–C) groups is 1. The van der Waals surface area contributed by atoms with Gasteiger partial charge in [0.25, 0.3) is 0 Å². The topological polar surface area (TPSA) is 61.1 Å². The number of hydrogen-bond donors (Lipinski definition) is 1. The normalized spacial score (nSPS) is 11.5. The molecule has 0 spiro atoms. The Hall–Kier alpha value is -3.28. The zero-order chi connectivity index (χ0) is 19.9. The largest absolute Gasteiger partial charge is 0.459 e. The first kappa shape index (κ1) is 19.5. The van der Waals surface area contributed by atoms with E-state index in [9.17, 15) is 4.79 Å². The molecule has 0 aliphatic heterocycles. The van der Waals surface area contributed by atoms with Crippen molar-refractivity contribution in [3.8, 4) is 0 Å². The summed E-state index contributed by atoms with van der Waals surface area (Å²) in [5.41, 5.74) is 1.97. The number of guanidine groups is 1. The predicted molar refractivity (Wildman–Crippen MR) is 112 cm³/mol. The van der Waals surface area contributed by atoms with Gasteiger partial charge in [-0.3, -0.25) is 4.79 Å². The van der Waals surface area contributed by atoms with Crippen LogP contribution in [0.25, 0.3) is 11.0 Å². The van der Waals surface area contributed by atoms with Crippen molar-refractivity contribution in [1.29, 1.82) is 0 Å². The number of carbonyl (C=O) groups excluding carboxylic acids is 1. The first-order valence-electron chi connectivity index (χ1n) is 9.24. The molecular weight excluding hydrogens is 352 g/mol. The molecule has 1 N–H and O–H groups in total. The summed E-state index contributed by atoms with van der Waals surface area (Å²) in [4.78, 5) is 20.2. The second kappa shape index (κ2) is 9.08. The maximum atomic E-state index is 12.0. The molecule has 146 valence electrons. The third-order valence-corrected chi connectivity index (χ3v) is 4.38. The van der Waals surface area contributed by atoms with Crippen molar-refractivity contribution in [3.63, 3.8) is 0 Å². The van der Waals surface area contributed by atoms with Gasteiger partial charge in [0.15, 0.2) is 5.96 Å². The molecule has 0 saturated carbocycles. The highest BCUT2D eigenvalue weighted by molar-refractivity contribution is 5.86. The molecule has 0 aliphatic rings. The minimum absolute atomic E-state index is 0.00968. The number of benzene rings is 2. The molecule has 1 amide bonds. The van der Waals surface area contributed by atoms with Crippen LogP contribution in [0.3, 0.4) is 0 Å². The van der Waals surface area contributed by atoms with Gasteiger partial charge < -0.3 is 19.5 Å². The summed E-state index contributed by atoms with van der Waals surface area (Å²) in [5.74, 6) is 1.49. The van der Waals surface area contributed by atoms with Gasteiger partial charge in [-0.25, -0.2) is 4.99 Å². The Morgan fingerprint density at radius 2 is 1.75 bits per heavy atom. The smallest absolute Gasteiger partial charge is 0.241 e. The quantitative estimate of drug-likeness (QED) is 0.529. The van der Waals surface area contributed by atoms with Crippen molar-refractivity contribution in [1.82, 2.24) is 15.1 Å². The Labute approximate surface area is 165 Å². The van der Waals surface area contributed by atoms with Crippen molar-refractivity contribution in [2.45, 2.75) is 13.1 Å². The highest BCUT2D eigenvalue weighted by atomic mass is 16.3. The van der Waals surface area contributed by atoms with Crippen LogP contribution in [0.2, 0.25) is 0 Å². The molecule has 1 aromatic heterocycles. The van der Waals surface area contributed by atoms with Crippen LogP contribution in [0.4, 0.5) is 0 Å². The molecule has 2 aromatic carbocycles. The minimum Gasteiger partial charge on any atom is -0.459 e. The number of likely N-dealkylation sites (N-methyl/N-ethyl adjacent to an activating group) is 1.